The minimum absolute atomic E-state index is 0.0909. The Morgan fingerprint density at radius 2 is 1.84 bits per heavy atom. The molecule has 1 aliphatic rings. The number of rotatable bonds is 10. The lowest BCUT2D eigenvalue weighted by atomic mass is 9.99. The van der Waals surface area contributed by atoms with Crippen molar-refractivity contribution in [2.24, 2.45) is 0 Å². The number of hydrogen-bond acceptors (Lipinski definition) is 7. The molecular weight excluding hydrogens is 546 g/mol. The van der Waals surface area contributed by atoms with E-state index in [9.17, 15) is 14.7 Å². The number of aliphatic carboxylic acids is 1. The van der Waals surface area contributed by atoms with E-state index in [1.54, 1.807) is 54.6 Å². The first kappa shape index (κ1) is 25.9. The van der Waals surface area contributed by atoms with Crippen LogP contribution in [0, 0.1) is 0 Å². The number of phenols is 1. The molecule has 10 heteroatoms. The van der Waals surface area contributed by atoms with E-state index in [0.717, 1.165) is 6.08 Å². The lowest BCUT2D eigenvalue weighted by molar-refractivity contribution is -0.131. The Hall–Kier alpha value is -4.18. The molecule has 0 saturated heterocycles. The van der Waals surface area contributed by atoms with E-state index in [2.05, 4.69) is 21.2 Å². The van der Waals surface area contributed by atoms with Crippen LogP contribution in [-0.2, 0) is 9.53 Å². The summed E-state index contributed by atoms with van der Waals surface area (Å²) < 4.78 is 23.3. The number of anilines is 1. The van der Waals surface area contributed by atoms with Gasteiger partial charge in [0.15, 0.2) is 17.6 Å². The summed E-state index contributed by atoms with van der Waals surface area (Å²) in [6.45, 7) is 0.0995. The fourth-order valence-electron chi connectivity index (χ4n) is 3.72. The number of fused-ring (bicyclic) bond motifs is 1. The Morgan fingerprint density at radius 1 is 1.05 bits per heavy atom. The highest BCUT2D eigenvalue weighted by Gasteiger charge is 2.31. The molecule has 4 rings (SSSR count). The van der Waals surface area contributed by atoms with Gasteiger partial charge in [-0.15, -0.1) is 0 Å². The molecule has 3 N–H and O–H groups in total. The number of carboxylic acid groups (broad SMARTS) is 1. The van der Waals surface area contributed by atoms with E-state index in [4.69, 9.17) is 24.1 Å². The van der Waals surface area contributed by atoms with Gasteiger partial charge in [0.05, 0.1) is 0 Å². The normalized spacial score (nSPS) is 13.6. The van der Waals surface area contributed by atoms with Gasteiger partial charge in [0.25, 0.3) is 0 Å². The summed E-state index contributed by atoms with van der Waals surface area (Å²) in [6.07, 6.45) is 0.529. The summed E-state index contributed by atoms with van der Waals surface area (Å²) in [4.78, 5) is 23.9. The summed E-state index contributed by atoms with van der Waals surface area (Å²) in [7, 11) is 0. The second-order valence-electron chi connectivity index (χ2n) is 8.01. The third-order valence-electron chi connectivity index (χ3n) is 5.40. The SMILES string of the molecule is O=C(O)/C=C/CC[C@@H](Oc1ccccc1)[C@H](OC(=O)Nc1ccc2c(c1)OCO2)c1cc(Br)ccc1O. The maximum absolute atomic E-state index is 13.0. The van der Waals surface area contributed by atoms with Crippen LogP contribution in [0.2, 0.25) is 0 Å². The number of benzene rings is 3. The summed E-state index contributed by atoms with van der Waals surface area (Å²) >= 11 is 3.40. The highest BCUT2D eigenvalue weighted by Crippen LogP contribution is 2.37. The summed E-state index contributed by atoms with van der Waals surface area (Å²) in [5, 5.41) is 22.3. The van der Waals surface area contributed by atoms with Crippen LogP contribution in [0.25, 0.3) is 0 Å². The maximum atomic E-state index is 13.0. The van der Waals surface area contributed by atoms with E-state index in [-0.39, 0.29) is 19.0 Å². The Labute approximate surface area is 221 Å². The van der Waals surface area contributed by atoms with Crippen molar-refractivity contribution in [2.45, 2.75) is 25.0 Å². The number of hydrogen-bond donors (Lipinski definition) is 3. The van der Waals surface area contributed by atoms with Gasteiger partial charge in [-0.05, 0) is 55.3 Å². The number of phenolic OH excluding ortho intramolecular Hbond substituents is 1. The first-order chi connectivity index (χ1) is 17.9. The summed E-state index contributed by atoms with van der Waals surface area (Å²) in [6, 6.07) is 18.7. The summed E-state index contributed by atoms with van der Waals surface area (Å²) in [5.41, 5.74) is 0.745. The Bertz CT molecular complexity index is 1280. The lowest BCUT2D eigenvalue weighted by Gasteiger charge is -2.28. The second kappa shape index (κ2) is 12.2. The molecule has 3 aromatic rings. The van der Waals surface area contributed by atoms with Crippen molar-refractivity contribution in [3.8, 4) is 23.0 Å². The topological polar surface area (TPSA) is 124 Å². The maximum Gasteiger partial charge on any atom is 0.412 e. The van der Waals surface area contributed by atoms with Crippen molar-refractivity contribution >= 4 is 33.7 Å². The molecule has 0 spiro atoms. The van der Waals surface area contributed by atoms with Gasteiger partial charge in [-0.25, -0.2) is 9.59 Å². The third kappa shape index (κ3) is 7.17. The van der Waals surface area contributed by atoms with Gasteiger partial charge >= 0.3 is 12.1 Å². The molecule has 0 radical (unpaired) electrons. The molecule has 0 bridgehead atoms. The van der Waals surface area contributed by atoms with Crippen LogP contribution >= 0.6 is 15.9 Å². The highest BCUT2D eigenvalue weighted by atomic mass is 79.9. The van der Waals surface area contributed by atoms with Crippen LogP contribution in [0.5, 0.6) is 23.0 Å². The molecule has 37 heavy (non-hydrogen) atoms. The third-order valence-corrected chi connectivity index (χ3v) is 5.89. The highest BCUT2D eigenvalue weighted by molar-refractivity contribution is 9.10. The molecular formula is C27H24BrNO8. The van der Waals surface area contributed by atoms with Crippen LogP contribution in [0.15, 0.2) is 83.4 Å². The molecule has 0 saturated carbocycles. The fourth-order valence-corrected chi connectivity index (χ4v) is 4.10. The molecule has 3 aromatic carbocycles. The number of halogens is 1. The van der Waals surface area contributed by atoms with Gasteiger partial charge in [0, 0.05) is 27.9 Å². The van der Waals surface area contributed by atoms with Crippen molar-refractivity contribution in [1.29, 1.82) is 0 Å². The van der Waals surface area contributed by atoms with Crippen LogP contribution in [-0.4, -0.2) is 35.2 Å². The molecule has 9 nitrogen and oxygen atoms in total. The lowest BCUT2D eigenvalue weighted by Crippen LogP contribution is -2.31. The number of carbonyl (C=O) groups is 2. The van der Waals surface area contributed by atoms with Gasteiger partial charge in [0.2, 0.25) is 6.79 Å². The van der Waals surface area contributed by atoms with Crippen molar-refractivity contribution < 1.29 is 38.7 Å². The number of nitrogens with one attached hydrogen (secondary N) is 1. The Balaban J connectivity index is 1.61. The zero-order valence-corrected chi connectivity index (χ0v) is 21.1. The van der Waals surface area contributed by atoms with Crippen molar-refractivity contribution in [1.82, 2.24) is 0 Å². The van der Waals surface area contributed by atoms with Crippen LogP contribution in [0.1, 0.15) is 24.5 Å². The molecule has 192 valence electrons. The van der Waals surface area contributed by atoms with Gasteiger partial charge in [0.1, 0.15) is 17.6 Å². The van der Waals surface area contributed by atoms with Gasteiger partial charge < -0.3 is 29.2 Å². The average Bonchev–Trinajstić information content (AvgIpc) is 3.34. The van der Waals surface area contributed by atoms with Crippen LogP contribution < -0.4 is 19.5 Å². The fraction of sp³-hybridized carbons (Fsp3) is 0.185. The molecule has 0 aromatic heterocycles. The molecule has 1 heterocycles. The van der Waals surface area contributed by atoms with E-state index in [1.165, 1.54) is 12.1 Å². The quantitative estimate of drug-likeness (QED) is 0.252. The molecule has 1 amide bonds. The molecule has 0 unspecified atom stereocenters. The average molecular weight is 570 g/mol. The number of amides is 1. The number of allylic oxidation sites excluding steroid dienone is 1. The van der Waals surface area contributed by atoms with Gasteiger partial charge in [-0.2, -0.15) is 0 Å². The monoisotopic (exact) mass is 569 g/mol. The predicted octanol–water partition coefficient (Wildman–Crippen LogP) is 6.04. The zero-order valence-electron chi connectivity index (χ0n) is 19.5. The number of carbonyl (C=O) groups excluding carboxylic acids is 1. The van der Waals surface area contributed by atoms with Crippen LogP contribution in [0.3, 0.4) is 0 Å². The Morgan fingerprint density at radius 3 is 2.62 bits per heavy atom. The number of carboxylic acids is 1. The first-order valence-electron chi connectivity index (χ1n) is 11.4. The Kier molecular flexibility index (Phi) is 8.52. The molecule has 2 atom stereocenters. The van der Waals surface area contributed by atoms with Crippen molar-refractivity contribution in [2.75, 3.05) is 12.1 Å². The number of aromatic hydroxyl groups is 1. The second-order valence-corrected chi connectivity index (χ2v) is 8.93. The minimum atomic E-state index is -1.07. The number of ether oxygens (including phenoxy) is 4. The molecule has 0 aliphatic carbocycles. The first-order valence-corrected chi connectivity index (χ1v) is 12.1. The van der Waals surface area contributed by atoms with E-state index >= 15 is 0 Å². The standard InChI is InChI=1S/C27H24BrNO8/c28-17-10-12-21(30)20(14-17)26(37-27(33)29-18-11-13-22-24(15-18)35-16-34-22)23(8-4-5-9-25(31)32)36-19-6-2-1-3-7-19/h1-3,5-7,9-15,23,26,30H,4,8,16H2,(H,29,33)(H,31,32)/b9-5+/t23-,26-/m1/s1. The van der Waals surface area contributed by atoms with Gasteiger partial charge in [-0.1, -0.05) is 40.2 Å². The van der Waals surface area contributed by atoms with Gasteiger partial charge in [-0.3, -0.25) is 5.32 Å². The minimum Gasteiger partial charge on any atom is -0.508 e. The summed E-state index contributed by atoms with van der Waals surface area (Å²) in [5.74, 6) is 0.429. The van der Waals surface area contributed by atoms with E-state index in [0.29, 0.717) is 39.4 Å². The van der Waals surface area contributed by atoms with Crippen LogP contribution in [0.4, 0.5) is 10.5 Å². The van der Waals surface area contributed by atoms with Crippen molar-refractivity contribution in [3.05, 3.63) is 88.9 Å². The molecule has 1 aliphatic heterocycles. The molecule has 0 fully saturated rings. The zero-order chi connectivity index (χ0) is 26.2. The smallest absolute Gasteiger partial charge is 0.412 e. The largest absolute Gasteiger partial charge is 0.508 e. The van der Waals surface area contributed by atoms with Crippen molar-refractivity contribution in [3.63, 3.8) is 0 Å². The van der Waals surface area contributed by atoms with E-state index < -0.39 is 24.3 Å². The van der Waals surface area contributed by atoms with E-state index in [1.807, 2.05) is 6.07 Å². The predicted molar refractivity (Wildman–Crippen MR) is 138 cm³/mol. The number of para-hydroxylation sites is 1.